The Morgan fingerprint density at radius 1 is 1.47 bits per heavy atom. The standard InChI is InChI=1S/C15H25N3O/c1-13-12-18(8-7-17(13)9-10-19-3)14(2)15-5-4-6-16-11-15/h4-6,11,13-14H,7-10,12H2,1-3H3/t13-,14-/m1/s1. The molecule has 1 aromatic rings. The molecule has 19 heavy (non-hydrogen) atoms. The third kappa shape index (κ3) is 3.75. The summed E-state index contributed by atoms with van der Waals surface area (Å²) in [6.45, 7) is 9.78. The molecule has 1 saturated heterocycles. The van der Waals surface area contributed by atoms with E-state index in [1.54, 1.807) is 7.11 Å². The Morgan fingerprint density at radius 3 is 2.95 bits per heavy atom. The monoisotopic (exact) mass is 263 g/mol. The number of hydrogen-bond donors (Lipinski definition) is 0. The molecule has 1 aliphatic rings. The number of rotatable bonds is 5. The quantitative estimate of drug-likeness (QED) is 0.810. The van der Waals surface area contributed by atoms with Crippen molar-refractivity contribution in [1.82, 2.24) is 14.8 Å². The van der Waals surface area contributed by atoms with Crippen molar-refractivity contribution >= 4 is 0 Å². The Morgan fingerprint density at radius 2 is 2.32 bits per heavy atom. The molecule has 0 spiro atoms. The zero-order valence-corrected chi connectivity index (χ0v) is 12.2. The van der Waals surface area contributed by atoms with Gasteiger partial charge in [0, 0.05) is 57.8 Å². The number of aromatic nitrogens is 1. The van der Waals surface area contributed by atoms with Gasteiger partial charge in [-0.3, -0.25) is 14.8 Å². The molecule has 0 saturated carbocycles. The van der Waals surface area contributed by atoms with E-state index < -0.39 is 0 Å². The van der Waals surface area contributed by atoms with Crippen LogP contribution in [0, 0.1) is 0 Å². The second-order valence-corrected chi connectivity index (χ2v) is 5.34. The molecule has 2 atom stereocenters. The van der Waals surface area contributed by atoms with Crippen LogP contribution >= 0.6 is 0 Å². The van der Waals surface area contributed by atoms with Gasteiger partial charge in [0.05, 0.1) is 6.61 Å². The first kappa shape index (κ1) is 14.4. The molecule has 106 valence electrons. The number of nitrogens with zero attached hydrogens (tertiary/aromatic N) is 3. The smallest absolute Gasteiger partial charge is 0.0589 e. The number of methoxy groups -OCH3 is 1. The Kier molecular flexibility index (Phi) is 5.31. The van der Waals surface area contributed by atoms with Crippen LogP contribution in [0.15, 0.2) is 24.5 Å². The van der Waals surface area contributed by atoms with E-state index in [0.717, 1.165) is 32.8 Å². The summed E-state index contributed by atoms with van der Waals surface area (Å²) in [5, 5.41) is 0. The normalized spacial score (nSPS) is 23.4. The molecule has 0 aliphatic carbocycles. The molecule has 4 nitrogen and oxygen atoms in total. The molecule has 2 heterocycles. The van der Waals surface area contributed by atoms with Crippen molar-refractivity contribution in [1.29, 1.82) is 0 Å². The SMILES string of the molecule is COCCN1CCN([C@H](C)c2cccnc2)C[C@H]1C. The van der Waals surface area contributed by atoms with Crippen LogP contribution in [0.2, 0.25) is 0 Å². The third-order valence-corrected chi connectivity index (χ3v) is 4.09. The topological polar surface area (TPSA) is 28.6 Å². The van der Waals surface area contributed by atoms with Crippen molar-refractivity contribution in [2.24, 2.45) is 0 Å². The highest BCUT2D eigenvalue weighted by Crippen LogP contribution is 2.22. The highest BCUT2D eigenvalue weighted by molar-refractivity contribution is 5.13. The molecule has 0 N–H and O–H groups in total. The molecule has 1 aromatic heterocycles. The van der Waals surface area contributed by atoms with Crippen LogP contribution in [0.1, 0.15) is 25.5 Å². The van der Waals surface area contributed by atoms with Crippen LogP contribution in [-0.4, -0.2) is 60.7 Å². The molecule has 0 bridgehead atoms. The molecule has 0 unspecified atom stereocenters. The van der Waals surface area contributed by atoms with E-state index in [9.17, 15) is 0 Å². The minimum atomic E-state index is 0.445. The summed E-state index contributed by atoms with van der Waals surface area (Å²) in [5.41, 5.74) is 1.31. The van der Waals surface area contributed by atoms with Gasteiger partial charge in [-0.1, -0.05) is 6.07 Å². The van der Waals surface area contributed by atoms with Gasteiger partial charge in [-0.2, -0.15) is 0 Å². The third-order valence-electron chi connectivity index (χ3n) is 4.09. The first-order valence-electron chi connectivity index (χ1n) is 7.09. The van der Waals surface area contributed by atoms with Crippen LogP contribution in [0.5, 0.6) is 0 Å². The summed E-state index contributed by atoms with van der Waals surface area (Å²) in [6.07, 6.45) is 3.81. The fourth-order valence-corrected chi connectivity index (χ4v) is 2.75. The van der Waals surface area contributed by atoms with E-state index in [-0.39, 0.29) is 0 Å². The van der Waals surface area contributed by atoms with Crippen LogP contribution < -0.4 is 0 Å². The minimum absolute atomic E-state index is 0.445. The maximum absolute atomic E-state index is 5.17. The molecule has 0 aromatic carbocycles. The van der Waals surface area contributed by atoms with Gasteiger partial charge < -0.3 is 4.74 Å². The van der Waals surface area contributed by atoms with Crippen LogP contribution in [0.4, 0.5) is 0 Å². The van der Waals surface area contributed by atoms with Gasteiger partial charge in [0.2, 0.25) is 0 Å². The Bertz CT molecular complexity index is 371. The zero-order valence-electron chi connectivity index (χ0n) is 12.2. The van der Waals surface area contributed by atoms with Gasteiger partial charge in [0.1, 0.15) is 0 Å². The van der Waals surface area contributed by atoms with Gasteiger partial charge >= 0.3 is 0 Å². The van der Waals surface area contributed by atoms with Gasteiger partial charge in [-0.25, -0.2) is 0 Å². The second-order valence-electron chi connectivity index (χ2n) is 5.34. The fourth-order valence-electron chi connectivity index (χ4n) is 2.75. The maximum Gasteiger partial charge on any atom is 0.0589 e. The number of hydrogen-bond acceptors (Lipinski definition) is 4. The summed E-state index contributed by atoms with van der Waals surface area (Å²) in [6, 6.07) is 5.22. The largest absolute Gasteiger partial charge is 0.383 e. The van der Waals surface area contributed by atoms with E-state index in [0.29, 0.717) is 12.1 Å². The minimum Gasteiger partial charge on any atom is -0.383 e. The van der Waals surface area contributed by atoms with Gasteiger partial charge in [0.15, 0.2) is 0 Å². The lowest BCUT2D eigenvalue weighted by Crippen LogP contribution is -2.53. The van der Waals surface area contributed by atoms with E-state index in [2.05, 4.69) is 34.7 Å². The highest BCUT2D eigenvalue weighted by atomic mass is 16.5. The molecule has 4 heteroatoms. The second kappa shape index (κ2) is 6.98. The van der Waals surface area contributed by atoms with Crippen molar-refractivity contribution in [3.8, 4) is 0 Å². The van der Waals surface area contributed by atoms with Gasteiger partial charge in [-0.05, 0) is 25.5 Å². The van der Waals surface area contributed by atoms with E-state index in [1.807, 2.05) is 18.5 Å². The lowest BCUT2D eigenvalue weighted by molar-refractivity contribution is 0.0418. The maximum atomic E-state index is 5.17. The lowest BCUT2D eigenvalue weighted by atomic mass is 10.1. The molecule has 1 fully saturated rings. The zero-order chi connectivity index (χ0) is 13.7. The number of pyridine rings is 1. The van der Waals surface area contributed by atoms with Crippen molar-refractivity contribution in [2.45, 2.75) is 25.9 Å². The average Bonchev–Trinajstić information content (AvgIpc) is 2.46. The average molecular weight is 263 g/mol. The van der Waals surface area contributed by atoms with E-state index >= 15 is 0 Å². The molecule has 2 rings (SSSR count). The van der Waals surface area contributed by atoms with Crippen LogP contribution in [0.25, 0.3) is 0 Å². The van der Waals surface area contributed by atoms with Crippen molar-refractivity contribution in [2.75, 3.05) is 39.9 Å². The summed E-state index contributed by atoms with van der Waals surface area (Å²) in [4.78, 5) is 9.28. The number of piperazine rings is 1. The van der Waals surface area contributed by atoms with Crippen LogP contribution in [-0.2, 0) is 4.74 Å². The van der Waals surface area contributed by atoms with Crippen molar-refractivity contribution in [3.05, 3.63) is 30.1 Å². The molecular weight excluding hydrogens is 238 g/mol. The van der Waals surface area contributed by atoms with Gasteiger partial charge in [0.25, 0.3) is 0 Å². The Labute approximate surface area is 116 Å². The highest BCUT2D eigenvalue weighted by Gasteiger charge is 2.26. The fraction of sp³-hybridized carbons (Fsp3) is 0.667. The Hall–Kier alpha value is -0.970. The molecule has 1 aliphatic heterocycles. The summed E-state index contributed by atoms with van der Waals surface area (Å²) in [5.74, 6) is 0. The molecule has 0 amide bonds. The van der Waals surface area contributed by atoms with Crippen molar-refractivity contribution < 1.29 is 4.74 Å². The predicted octanol–water partition coefficient (Wildman–Crippen LogP) is 1.80. The summed E-state index contributed by atoms with van der Waals surface area (Å²) >= 11 is 0. The molecular formula is C15H25N3O. The lowest BCUT2D eigenvalue weighted by Gasteiger charge is -2.42. The molecule has 0 radical (unpaired) electrons. The first-order valence-corrected chi connectivity index (χ1v) is 7.09. The first-order chi connectivity index (χ1) is 9.22. The Balaban J connectivity index is 1.91. The van der Waals surface area contributed by atoms with Crippen LogP contribution in [0.3, 0.4) is 0 Å². The summed E-state index contributed by atoms with van der Waals surface area (Å²) < 4.78 is 5.17. The van der Waals surface area contributed by atoms with Gasteiger partial charge in [-0.15, -0.1) is 0 Å². The predicted molar refractivity (Wildman–Crippen MR) is 77.1 cm³/mol. The summed E-state index contributed by atoms with van der Waals surface area (Å²) in [7, 11) is 1.77. The number of ether oxygens (including phenoxy) is 1. The van der Waals surface area contributed by atoms with Crippen molar-refractivity contribution in [3.63, 3.8) is 0 Å². The van der Waals surface area contributed by atoms with E-state index in [1.165, 1.54) is 5.56 Å². The van der Waals surface area contributed by atoms with E-state index in [4.69, 9.17) is 4.74 Å².